The molecule has 0 bridgehead atoms. The van der Waals surface area contributed by atoms with Crippen molar-refractivity contribution in [2.45, 2.75) is 13.0 Å². The molecule has 1 atom stereocenters. The van der Waals surface area contributed by atoms with E-state index in [4.69, 9.17) is 5.84 Å². The van der Waals surface area contributed by atoms with Crippen molar-refractivity contribution in [2.24, 2.45) is 5.84 Å². The van der Waals surface area contributed by atoms with Crippen molar-refractivity contribution in [3.8, 4) is 0 Å². The molecule has 1 aromatic rings. The summed E-state index contributed by atoms with van der Waals surface area (Å²) >= 11 is 0. The Kier molecular flexibility index (Phi) is 2.30. The maximum absolute atomic E-state index is 5.21. The summed E-state index contributed by atoms with van der Waals surface area (Å²) in [5.74, 6) is 5.21. The summed E-state index contributed by atoms with van der Waals surface area (Å²) in [6.07, 6.45) is 3.33. The van der Waals surface area contributed by atoms with Gasteiger partial charge in [0.1, 0.15) is 0 Å². The summed E-state index contributed by atoms with van der Waals surface area (Å²) in [5, 5.41) is 7.35. The molecule has 0 aliphatic rings. The monoisotopic (exact) mass is 138 g/mol. The number of hydrogen-bond acceptors (Lipinski definition) is 4. The predicted molar refractivity (Wildman–Crippen MR) is 37.8 cm³/mol. The highest BCUT2D eigenvalue weighted by Gasteiger charge is 1.99. The van der Waals surface area contributed by atoms with Gasteiger partial charge in [-0.15, -0.1) is 0 Å². The summed E-state index contributed by atoms with van der Waals surface area (Å²) < 4.78 is 0. The molecule has 0 saturated heterocycles. The minimum Gasteiger partial charge on any atom is -0.271 e. The average Bonchev–Trinajstić information content (AvgIpc) is 2.05. The number of nitrogens with two attached hydrogens (primary N) is 1. The molecule has 1 rings (SSSR count). The average molecular weight is 138 g/mol. The zero-order chi connectivity index (χ0) is 7.40. The third-order valence-electron chi connectivity index (χ3n) is 1.36. The highest BCUT2D eigenvalue weighted by Crippen LogP contribution is 2.06. The van der Waals surface area contributed by atoms with Gasteiger partial charge in [0.15, 0.2) is 0 Å². The fraction of sp³-hybridized carbons (Fsp3) is 0.333. The molecule has 0 aromatic carbocycles. The second-order valence-electron chi connectivity index (χ2n) is 2.06. The number of aromatic nitrogens is 2. The van der Waals surface area contributed by atoms with Gasteiger partial charge in [-0.1, -0.05) is 0 Å². The zero-order valence-corrected chi connectivity index (χ0v) is 5.78. The van der Waals surface area contributed by atoms with Gasteiger partial charge in [0.2, 0.25) is 0 Å². The van der Waals surface area contributed by atoms with Gasteiger partial charge in [-0.2, -0.15) is 10.2 Å². The molecule has 54 valence electrons. The van der Waals surface area contributed by atoms with Gasteiger partial charge < -0.3 is 0 Å². The van der Waals surface area contributed by atoms with E-state index in [1.807, 2.05) is 13.0 Å². The lowest BCUT2D eigenvalue weighted by Crippen LogP contribution is -2.25. The molecule has 4 nitrogen and oxygen atoms in total. The smallest absolute Gasteiger partial charge is 0.0544 e. The second kappa shape index (κ2) is 3.24. The Morgan fingerprint density at radius 1 is 1.60 bits per heavy atom. The van der Waals surface area contributed by atoms with Gasteiger partial charge in [0.05, 0.1) is 6.20 Å². The second-order valence-corrected chi connectivity index (χ2v) is 2.06. The molecule has 0 radical (unpaired) electrons. The molecule has 1 heterocycles. The maximum Gasteiger partial charge on any atom is 0.0544 e. The lowest BCUT2D eigenvalue weighted by molar-refractivity contribution is 0.598. The Bertz CT molecular complexity index is 186. The first-order chi connectivity index (χ1) is 4.84. The van der Waals surface area contributed by atoms with E-state index in [1.165, 1.54) is 0 Å². The van der Waals surface area contributed by atoms with Crippen LogP contribution in [0.1, 0.15) is 18.5 Å². The molecule has 3 N–H and O–H groups in total. The third kappa shape index (κ3) is 1.49. The highest BCUT2D eigenvalue weighted by atomic mass is 15.2. The first kappa shape index (κ1) is 7.11. The summed E-state index contributed by atoms with van der Waals surface area (Å²) in [5.41, 5.74) is 3.65. The van der Waals surface area contributed by atoms with Gasteiger partial charge in [0.25, 0.3) is 0 Å². The van der Waals surface area contributed by atoms with Crippen LogP contribution >= 0.6 is 0 Å². The molecule has 0 aliphatic heterocycles. The van der Waals surface area contributed by atoms with E-state index < -0.39 is 0 Å². The molecule has 0 amide bonds. The predicted octanol–water partition coefficient (Wildman–Crippen LogP) is 0.000900. The number of nitrogens with one attached hydrogen (secondary N) is 1. The molecule has 0 spiro atoms. The van der Waals surface area contributed by atoms with Crippen molar-refractivity contribution >= 4 is 0 Å². The van der Waals surface area contributed by atoms with E-state index in [1.54, 1.807) is 12.4 Å². The van der Waals surface area contributed by atoms with E-state index in [2.05, 4.69) is 15.6 Å². The molecule has 4 heteroatoms. The van der Waals surface area contributed by atoms with Gasteiger partial charge in [0, 0.05) is 12.2 Å². The normalized spacial score (nSPS) is 13.0. The largest absolute Gasteiger partial charge is 0.271 e. The van der Waals surface area contributed by atoms with Crippen molar-refractivity contribution < 1.29 is 0 Å². The van der Waals surface area contributed by atoms with E-state index in [-0.39, 0.29) is 6.04 Å². The zero-order valence-electron chi connectivity index (χ0n) is 5.78. The molecule has 10 heavy (non-hydrogen) atoms. The minimum atomic E-state index is 0.135. The number of hydrogen-bond donors (Lipinski definition) is 2. The molecular weight excluding hydrogens is 128 g/mol. The van der Waals surface area contributed by atoms with Crippen LogP contribution in [0.4, 0.5) is 0 Å². The first-order valence-electron chi connectivity index (χ1n) is 3.07. The van der Waals surface area contributed by atoms with E-state index in [9.17, 15) is 0 Å². The van der Waals surface area contributed by atoms with Crippen molar-refractivity contribution in [3.63, 3.8) is 0 Å². The third-order valence-corrected chi connectivity index (χ3v) is 1.36. The van der Waals surface area contributed by atoms with Gasteiger partial charge >= 0.3 is 0 Å². The van der Waals surface area contributed by atoms with Crippen LogP contribution in [0.2, 0.25) is 0 Å². The summed E-state index contributed by atoms with van der Waals surface area (Å²) in [6, 6.07) is 2.01. The Morgan fingerprint density at radius 2 is 2.40 bits per heavy atom. The van der Waals surface area contributed by atoms with Crippen LogP contribution in [0.15, 0.2) is 18.5 Å². The SMILES string of the molecule is CC(NN)c1ccnnc1. The van der Waals surface area contributed by atoms with Crippen molar-refractivity contribution in [1.29, 1.82) is 0 Å². The maximum atomic E-state index is 5.21. The molecule has 0 aliphatic carbocycles. The summed E-state index contributed by atoms with van der Waals surface area (Å²) in [4.78, 5) is 0. The topological polar surface area (TPSA) is 63.8 Å². The number of rotatable bonds is 2. The van der Waals surface area contributed by atoms with Gasteiger partial charge in [-0.3, -0.25) is 11.3 Å². The van der Waals surface area contributed by atoms with Crippen LogP contribution in [-0.2, 0) is 0 Å². The van der Waals surface area contributed by atoms with Crippen molar-refractivity contribution in [2.75, 3.05) is 0 Å². The molecule has 0 fully saturated rings. The fourth-order valence-electron chi connectivity index (χ4n) is 0.653. The van der Waals surface area contributed by atoms with E-state index in [0.717, 1.165) is 5.56 Å². The lowest BCUT2D eigenvalue weighted by atomic mass is 10.2. The van der Waals surface area contributed by atoms with Gasteiger partial charge in [-0.05, 0) is 18.6 Å². The summed E-state index contributed by atoms with van der Waals surface area (Å²) in [6.45, 7) is 1.96. The standard InChI is InChI=1S/C6H10N4/c1-5(10-7)6-2-3-8-9-4-6/h2-5,10H,7H2,1H3. The Labute approximate surface area is 59.4 Å². The highest BCUT2D eigenvalue weighted by molar-refractivity contribution is 5.09. The van der Waals surface area contributed by atoms with Gasteiger partial charge in [-0.25, -0.2) is 0 Å². The van der Waals surface area contributed by atoms with Crippen LogP contribution in [0.3, 0.4) is 0 Å². The molecular formula is C6H10N4. The van der Waals surface area contributed by atoms with Crippen molar-refractivity contribution in [3.05, 3.63) is 24.0 Å². The van der Waals surface area contributed by atoms with Crippen LogP contribution in [-0.4, -0.2) is 10.2 Å². The number of nitrogens with zero attached hydrogens (tertiary/aromatic N) is 2. The fourth-order valence-corrected chi connectivity index (χ4v) is 0.653. The van der Waals surface area contributed by atoms with Crippen LogP contribution in [0, 0.1) is 0 Å². The quantitative estimate of drug-likeness (QED) is 0.446. The van der Waals surface area contributed by atoms with Crippen molar-refractivity contribution in [1.82, 2.24) is 15.6 Å². The molecule has 1 unspecified atom stereocenters. The van der Waals surface area contributed by atoms with Crippen LogP contribution in [0.25, 0.3) is 0 Å². The molecule has 0 saturated carbocycles. The first-order valence-corrected chi connectivity index (χ1v) is 3.07. The van der Waals surface area contributed by atoms with Crippen LogP contribution in [0.5, 0.6) is 0 Å². The van der Waals surface area contributed by atoms with Crippen LogP contribution < -0.4 is 11.3 Å². The van der Waals surface area contributed by atoms with E-state index in [0.29, 0.717) is 0 Å². The van der Waals surface area contributed by atoms with E-state index >= 15 is 0 Å². The Hall–Kier alpha value is -1.00. The number of hydrazine groups is 1. The minimum absolute atomic E-state index is 0.135. The Balaban J connectivity index is 2.75. The lowest BCUT2D eigenvalue weighted by Gasteiger charge is -2.07. The molecule has 1 aromatic heterocycles. The Morgan fingerprint density at radius 3 is 2.90 bits per heavy atom. The summed E-state index contributed by atoms with van der Waals surface area (Å²) in [7, 11) is 0.